The zero-order valence-corrected chi connectivity index (χ0v) is 18.1. The molecule has 0 aliphatic rings. The molecule has 142 valence electrons. The average Bonchev–Trinajstić information content (AvgIpc) is 2.72. The van der Waals surface area contributed by atoms with Crippen LogP contribution >= 0.6 is 0 Å². The summed E-state index contributed by atoms with van der Waals surface area (Å²) in [6.07, 6.45) is 4.15. The molecule has 1 unspecified atom stereocenters. The van der Waals surface area contributed by atoms with Crippen molar-refractivity contribution in [3.8, 4) is 11.1 Å². The summed E-state index contributed by atoms with van der Waals surface area (Å²) in [5, 5.41) is 0. The van der Waals surface area contributed by atoms with Gasteiger partial charge >= 0.3 is 0 Å². The smallest absolute Gasteiger partial charge is 0.153 e. The van der Waals surface area contributed by atoms with Crippen molar-refractivity contribution in [2.45, 2.75) is 82.3 Å². The van der Waals surface area contributed by atoms with E-state index in [1.165, 1.54) is 16.7 Å². The van der Waals surface area contributed by atoms with Crippen LogP contribution in [0.4, 0.5) is 0 Å². The summed E-state index contributed by atoms with van der Waals surface area (Å²) in [6.45, 7) is 13.2. The monoisotopic (exact) mass is 370 g/mol. The van der Waals surface area contributed by atoms with Crippen molar-refractivity contribution in [2.24, 2.45) is 0 Å². The molecule has 0 spiro atoms. The second-order valence-electron chi connectivity index (χ2n) is 7.80. The van der Waals surface area contributed by atoms with E-state index in [0.717, 1.165) is 30.6 Å². The maximum atomic E-state index is 12.9. The van der Waals surface area contributed by atoms with Crippen molar-refractivity contribution in [1.82, 2.24) is 0 Å². The third-order valence-electron chi connectivity index (χ3n) is 6.49. The average molecular weight is 371 g/mol. The Morgan fingerprint density at radius 1 is 0.692 bits per heavy atom. The summed E-state index contributed by atoms with van der Waals surface area (Å²) in [5.41, 5.74) is 4.06. The summed E-state index contributed by atoms with van der Waals surface area (Å²) in [5.74, 6) is 0. The van der Waals surface area contributed by atoms with Gasteiger partial charge in [0.1, 0.15) is 4.75 Å². The van der Waals surface area contributed by atoms with E-state index in [4.69, 9.17) is 0 Å². The summed E-state index contributed by atoms with van der Waals surface area (Å²) in [4.78, 5) is 0.932. The fourth-order valence-corrected chi connectivity index (χ4v) is 4.77. The Morgan fingerprint density at radius 2 is 1.12 bits per heavy atom. The molecule has 0 aromatic heterocycles. The van der Waals surface area contributed by atoms with Crippen molar-refractivity contribution >= 4 is 11.2 Å². The number of hydrogen-bond acceptors (Lipinski definition) is 1. The summed E-state index contributed by atoms with van der Waals surface area (Å²) < 4.78 is 12.8. The Labute approximate surface area is 163 Å². The largest absolute Gasteiger partial charge is 0.611 e. The molecule has 2 aromatic carbocycles. The first-order valence-electron chi connectivity index (χ1n) is 9.96. The topological polar surface area (TPSA) is 23.1 Å². The van der Waals surface area contributed by atoms with Crippen LogP contribution < -0.4 is 0 Å². The first kappa shape index (κ1) is 21.1. The van der Waals surface area contributed by atoms with Gasteiger partial charge in [-0.15, -0.1) is 0 Å². The van der Waals surface area contributed by atoms with Gasteiger partial charge in [-0.25, -0.2) is 0 Å². The fourth-order valence-electron chi connectivity index (χ4n) is 3.29. The number of hydrogen-bond donors (Lipinski definition) is 0. The second-order valence-corrected chi connectivity index (χ2v) is 9.79. The first-order valence-corrected chi connectivity index (χ1v) is 11.1. The van der Waals surface area contributed by atoms with Crippen LogP contribution in [0.25, 0.3) is 11.1 Å². The maximum absolute atomic E-state index is 12.9. The number of benzene rings is 2. The molecule has 2 heteroatoms. The predicted octanol–water partition coefficient (Wildman–Crippen LogP) is 7.12. The standard InChI is InChI=1S/C24H34OS/c1-7-23(5,8-2)21-15-11-19(12-16-21)20-13-17-22(18-14-20)26(25)24(6,9-3)10-4/h11-18H,7-10H2,1-6H3. The van der Waals surface area contributed by atoms with Crippen molar-refractivity contribution in [2.75, 3.05) is 0 Å². The third kappa shape index (κ3) is 4.18. The summed E-state index contributed by atoms with van der Waals surface area (Å²) in [6, 6.07) is 17.2. The zero-order chi connectivity index (χ0) is 19.4. The molecule has 0 N–H and O–H groups in total. The highest BCUT2D eigenvalue weighted by molar-refractivity contribution is 7.92. The molecule has 0 saturated heterocycles. The van der Waals surface area contributed by atoms with E-state index in [-0.39, 0.29) is 10.2 Å². The highest BCUT2D eigenvalue weighted by Crippen LogP contribution is 2.34. The molecule has 0 radical (unpaired) electrons. The van der Waals surface area contributed by atoms with Gasteiger partial charge in [0.25, 0.3) is 0 Å². The molecule has 2 rings (SSSR count). The van der Waals surface area contributed by atoms with Gasteiger partial charge in [-0.05, 0) is 90.2 Å². The molecular weight excluding hydrogens is 336 g/mol. The van der Waals surface area contributed by atoms with E-state index < -0.39 is 11.2 Å². The minimum absolute atomic E-state index is 0.145. The molecule has 0 aliphatic carbocycles. The fraction of sp³-hybridized carbons (Fsp3) is 0.500. The Balaban J connectivity index is 2.23. The minimum atomic E-state index is -0.969. The molecule has 0 bridgehead atoms. The van der Waals surface area contributed by atoms with Gasteiger partial charge in [-0.2, -0.15) is 0 Å². The van der Waals surface area contributed by atoms with Gasteiger partial charge in [0, 0.05) is 0 Å². The molecule has 26 heavy (non-hydrogen) atoms. The Bertz CT molecular complexity index is 679. The molecular formula is C24H34OS. The predicted molar refractivity (Wildman–Crippen MR) is 115 cm³/mol. The van der Waals surface area contributed by atoms with E-state index >= 15 is 0 Å². The molecule has 0 amide bonds. The molecule has 0 saturated carbocycles. The molecule has 1 atom stereocenters. The summed E-state index contributed by atoms with van der Waals surface area (Å²) >= 11 is -0.969. The lowest BCUT2D eigenvalue weighted by molar-refractivity contribution is 0.439. The highest BCUT2D eigenvalue weighted by Gasteiger charge is 2.35. The second kappa shape index (κ2) is 8.63. The van der Waals surface area contributed by atoms with Crippen LogP contribution in [0, 0.1) is 0 Å². The van der Waals surface area contributed by atoms with E-state index in [0.29, 0.717) is 0 Å². The van der Waals surface area contributed by atoms with Crippen LogP contribution in [0.5, 0.6) is 0 Å². The molecule has 2 aromatic rings. The highest BCUT2D eigenvalue weighted by atomic mass is 32.2. The maximum Gasteiger partial charge on any atom is 0.153 e. The van der Waals surface area contributed by atoms with E-state index in [9.17, 15) is 4.55 Å². The van der Waals surface area contributed by atoms with Crippen LogP contribution in [0.3, 0.4) is 0 Å². The number of rotatable bonds is 8. The SMILES string of the molecule is CCC(C)(CC)c1ccc(-c2ccc([S+]([O-])C(C)(CC)CC)cc2)cc1. The van der Waals surface area contributed by atoms with E-state index in [1.807, 2.05) is 12.1 Å². The lowest BCUT2D eigenvalue weighted by atomic mass is 9.77. The van der Waals surface area contributed by atoms with Crippen molar-refractivity contribution < 1.29 is 4.55 Å². The van der Waals surface area contributed by atoms with Gasteiger partial charge in [0.2, 0.25) is 0 Å². The third-order valence-corrected chi connectivity index (χ3v) is 8.66. The van der Waals surface area contributed by atoms with Crippen LogP contribution in [0.2, 0.25) is 0 Å². The van der Waals surface area contributed by atoms with Crippen molar-refractivity contribution in [1.29, 1.82) is 0 Å². The van der Waals surface area contributed by atoms with Gasteiger partial charge in [-0.3, -0.25) is 0 Å². The first-order chi connectivity index (χ1) is 12.3. The van der Waals surface area contributed by atoms with Crippen LogP contribution in [-0.2, 0) is 16.6 Å². The quantitative estimate of drug-likeness (QED) is 0.454. The van der Waals surface area contributed by atoms with Crippen LogP contribution in [-0.4, -0.2) is 9.30 Å². The zero-order valence-electron chi connectivity index (χ0n) is 17.3. The van der Waals surface area contributed by atoms with Crippen LogP contribution in [0.1, 0.15) is 72.8 Å². The minimum Gasteiger partial charge on any atom is -0.611 e. The molecule has 0 fully saturated rings. The van der Waals surface area contributed by atoms with Crippen molar-refractivity contribution in [3.05, 3.63) is 54.1 Å². The van der Waals surface area contributed by atoms with E-state index in [1.54, 1.807) is 0 Å². The lowest BCUT2D eigenvalue weighted by Gasteiger charge is -2.30. The van der Waals surface area contributed by atoms with Gasteiger partial charge in [0.05, 0.1) is 0 Å². The lowest BCUT2D eigenvalue weighted by Crippen LogP contribution is -2.33. The Morgan fingerprint density at radius 3 is 1.50 bits per heavy atom. The van der Waals surface area contributed by atoms with Gasteiger partial charge in [0.15, 0.2) is 4.90 Å². The van der Waals surface area contributed by atoms with Gasteiger partial charge in [-0.1, -0.05) is 58.9 Å². The Hall–Kier alpha value is -1.25. The molecule has 1 nitrogen and oxygen atoms in total. The van der Waals surface area contributed by atoms with Crippen LogP contribution in [0.15, 0.2) is 53.4 Å². The molecule has 0 aliphatic heterocycles. The summed E-state index contributed by atoms with van der Waals surface area (Å²) in [7, 11) is 0. The normalized spacial score (nSPS) is 13.7. The molecule has 0 heterocycles. The Kier molecular flexibility index (Phi) is 6.99. The van der Waals surface area contributed by atoms with Crippen molar-refractivity contribution in [3.63, 3.8) is 0 Å². The van der Waals surface area contributed by atoms with E-state index in [2.05, 4.69) is 77.9 Å². The van der Waals surface area contributed by atoms with Gasteiger partial charge < -0.3 is 4.55 Å².